The maximum atomic E-state index is 5.77. The fraction of sp³-hybridized carbons (Fsp3) is 0.235. The normalized spacial score (nSPS) is 10.4. The predicted molar refractivity (Wildman–Crippen MR) is 88.6 cm³/mol. The van der Waals surface area contributed by atoms with Gasteiger partial charge in [0.05, 0.1) is 20.3 Å². The van der Waals surface area contributed by atoms with Gasteiger partial charge in [-0.3, -0.25) is 0 Å². The third-order valence-corrected chi connectivity index (χ3v) is 3.52. The van der Waals surface area contributed by atoms with Crippen LogP contribution in [-0.2, 0) is 18.0 Å². The molecule has 0 aliphatic carbocycles. The van der Waals surface area contributed by atoms with Crippen LogP contribution in [0.15, 0.2) is 42.5 Å². The average Bonchev–Trinajstić information content (AvgIpc) is 2.49. The minimum atomic E-state index is 0.418. The molecule has 4 heteroatoms. The number of thiocarbonyl (C=S) groups is 1. The molecule has 0 saturated heterocycles. The molecule has 0 aromatic heterocycles. The predicted octanol–water partition coefficient (Wildman–Crippen LogP) is 3.35. The quantitative estimate of drug-likeness (QED) is 0.831. The number of ether oxygens (including phenoxy) is 2. The minimum absolute atomic E-state index is 0.418. The Labute approximate surface area is 130 Å². The van der Waals surface area contributed by atoms with Gasteiger partial charge in [0, 0.05) is 5.56 Å². The lowest BCUT2D eigenvalue weighted by molar-refractivity contribution is 0.106. The zero-order chi connectivity index (χ0) is 15.2. The zero-order valence-corrected chi connectivity index (χ0v) is 13.1. The van der Waals surface area contributed by atoms with Crippen molar-refractivity contribution < 1.29 is 9.47 Å². The summed E-state index contributed by atoms with van der Waals surface area (Å²) in [6, 6.07) is 13.8. The highest BCUT2D eigenvalue weighted by atomic mass is 32.1. The first-order valence-electron chi connectivity index (χ1n) is 6.70. The molecule has 0 fully saturated rings. The van der Waals surface area contributed by atoms with E-state index >= 15 is 0 Å². The van der Waals surface area contributed by atoms with Gasteiger partial charge in [-0.05, 0) is 41.8 Å². The van der Waals surface area contributed by atoms with Crippen molar-refractivity contribution in [1.82, 2.24) is 0 Å². The summed E-state index contributed by atoms with van der Waals surface area (Å²) in [5.74, 6) is 0.841. The lowest BCUT2D eigenvalue weighted by atomic mass is 10.1. The van der Waals surface area contributed by atoms with Crippen molar-refractivity contribution in [3.8, 4) is 5.75 Å². The number of hydrogen-bond donors (Lipinski definition) is 1. The molecule has 21 heavy (non-hydrogen) atoms. The van der Waals surface area contributed by atoms with Crippen molar-refractivity contribution in [3.05, 3.63) is 64.7 Å². The molecular weight excluding hydrogens is 282 g/mol. The second kappa shape index (κ2) is 7.20. The van der Waals surface area contributed by atoms with Gasteiger partial charge in [-0.25, -0.2) is 0 Å². The van der Waals surface area contributed by atoms with Crippen molar-refractivity contribution in [2.75, 3.05) is 7.11 Å². The van der Waals surface area contributed by atoms with E-state index in [2.05, 4.69) is 0 Å². The first-order valence-corrected chi connectivity index (χ1v) is 7.11. The number of hydrogen-bond acceptors (Lipinski definition) is 3. The van der Waals surface area contributed by atoms with Crippen LogP contribution in [0.1, 0.15) is 22.3 Å². The maximum Gasteiger partial charge on any atom is 0.119 e. The van der Waals surface area contributed by atoms with Crippen LogP contribution in [0.3, 0.4) is 0 Å². The van der Waals surface area contributed by atoms with Crippen LogP contribution in [0.2, 0.25) is 0 Å². The van der Waals surface area contributed by atoms with E-state index in [-0.39, 0.29) is 0 Å². The highest BCUT2D eigenvalue weighted by molar-refractivity contribution is 7.80. The van der Waals surface area contributed by atoms with Crippen molar-refractivity contribution >= 4 is 17.2 Å². The molecule has 0 aliphatic rings. The van der Waals surface area contributed by atoms with Gasteiger partial charge in [-0.15, -0.1) is 0 Å². The van der Waals surface area contributed by atoms with Crippen LogP contribution < -0.4 is 10.5 Å². The molecule has 0 saturated carbocycles. The molecule has 2 aromatic carbocycles. The van der Waals surface area contributed by atoms with Crippen LogP contribution in [0.5, 0.6) is 5.75 Å². The monoisotopic (exact) mass is 301 g/mol. The minimum Gasteiger partial charge on any atom is -0.497 e. The smallest absolute Gasteiger partial charge is 0.119 e. The van der Waals surface area contributed by atoms with Crippen LogP contribution in [0.25, 0.3) is 0 Å². The zero-order valence-electron chi connectivity index (χ0n) is 12.3. The van der Waals surface area contributed by atoms with Gasteiger partial charge >= 0.3 is 0 Å². The molecule has 0 amide bonds. The third kappa shape index (κ3) is 4.28. The van der Waals surface area contributed by atoms with Gasteiger partial charge in [0.25, 0.3) is 0 Å². The summed E-state index contributed by atoms with van der Waals surface area (Å²) >= 11 is 4.97. The molecule has 0 atom stereocenters. The van der Waals surface area contributed by atoms with E-state index in [1.54, 1.807) is 7.11 Å². The molecule has 0 heterocycles. The second-order valence-corrected chi connectivity index (χ2v) is 5.29. The Morgan fingerprint density at radius 3 is 2.62 bits per heavy atom. The molecule has 0 bridgehead atoms. The first-order chi connectivity index (χ1) is 10.1. The van der Waals surface area contributed by atoms with Crippen LogP contribution in [0, 0.1) is 6.92 Å². The summed E-state index contributed by atoms with van der Waals surface area (Å²) in [5.41, 5.74) is 9.87. The fourth-order valence-electron chi connectivity index (χ4n) is 2.05. The van der Waals surface area contributed by atoms with E-state index in [1.165, 1.54) is 0 Å². The highest BCUT2D eigenvalue weighted by Gasteiger charge is 2.03. The van der Waals surface area contributed by atoms with Crippen molar-refractivity contribution in [3.63, 3.8) is 0 Å². The molecule has 2 rings (SSSR count). The van der Waals surface area contributed by atoms with E-state index in [4.69, 9.17) is 27.4 Å². The molecule has 2 N–H and O–H groups in total. The van der Waals surface area contributed by atoms with E-state index < -0.39 is 0 Å². The van der Waals surface area contributed by atoms with Crippen LogP contribution in [0.4, 0.5) is 0 Å². The van der Waals surface area contributed by atoms with E-state index in [0.29, 0.717) is 18.2 Å². The molecule has 110 valence electrons. The summed E-state index contributed by atoms with van der Waals surface area (Å²) in [4.78, 5) is 0.418. The Hall–Kier alpha value is -1.91. The summed E-state index contributed by atoms with van der Waals surface area (Å²) in [5, 5.41) is 0. The van der Waals surface area contributed by atoms with Gasteiger partial charge in [-0.2, -0.15) is 0 Å². The second-order valence-electron chi connectivity index (χ2n) is 4.85. The Morgan fingerprint density at radius 2 is 1.95 bits per heavy atom. The maximum absolute atomic E-state index is 5.77. The number of benzene rings is 2. The molecule has 0 unspecified atom stereocenters. The number of rotatable bonds is 6. The van der Waals surface area contributed by atoms with Gasteiger partial charge in [0.2, 0.25) is 0 Å². The summed E-state index contributed by atoms with van der Waals surface area (Å²) in [7, 11) is 1.66. The van der Waals surface area contributed by atoms with Crippen molar-refractivity contribution in [2.24, 2.45) is 5.73 Å². The van der Waals surface area contributed by atoms with E-state index in [9.17, 15) is 0 Å². The van der Waals surface area contributed by atoms with Gasteiger partial charge in [0.15, 0.2) is 0 Å². The average molecular weight is 301 g/mol. The van der Waals surface area contributed by atoms with Crippen LogP contribution in [-0.4, -0.2) is 12.1 Å². The van der Waals surface area contributed by atoms with Gasteiger partial charge in [0.1, 0.15) is 10.7 Å². The Kier molecular flexibility index (Phi) is 5.31. The van der Waals surface area contributed by atoms with Gasteiger partial charge in [-0.1, -0.05) is 36.5 Å². The Bertz CT molecular complexity index is 640. The Morgan fingerprint density at radius 1 is 1.14 bits per heavy atom. The highest BCUT2D eigenvalue weighted by Crippen LogP contribution is 2.16. The van der Waals surface area contributed by atoms with E-state index in [0.717, 1.165) is 28.0 Å². The molecule has 0 radical (unpaired) electrons. The van der Waals surface area contributed by atoms with Crippen molar-refractivity contribution in [2.45, 2.75) is 20.1 Å². The lowest BCUT2D eigenvalue weighted by Gasteiger charge is -2.10. The fourth-order valence-corrected chi connectivity index (χ4v) is 2.18. The largest absolute Gasteiger partial charge is 0.497 e. The first kappa shape index (κ1) is 15.5. The number of aryl methyl sites for hydroxylation is 1. The third-order valence-electron chi connectivity index (χ3n) is 3.29. The molecule has 0 aliphatic heterocycles. The number of nitrogens with two attached hydrogens (primary N) is 1. The van der Waals surface area contributed by atoms with Crippen molar-refractivity contribution in [1.29, 1.82) is 0 Å². The standard InChI is InChI=1S/C17H19NO2S/c1-12-8-14(17(18)21)6-7-15(12)11-20-10-13-4-3-5-16(9-13)19-2/h3-9H,10-11H2,1-2H3,(H2,18,21). The summed E-state index contributed by atoms with van der Waals surface area (Å²) < 4.78 is 11.0. The molecule has 0 spiro atoms. The lowest BCUT2D eigenvalue weighted by Crippen LogP contribution is -2.10. The van der Waals surface area contributed by atoms with Crippen LogP contribution >= 0.6 is 12.2 Å². The number of methoxy groups -OCH3 is 1. The molecular formula is C17H19NO2S. The molecule has 3 nitrogen and oxygen atoms in total. The topological polar surface area (TPSA) is 44.5 Å². The van der Waals surface area contributed by atoms with Gasteiger partial charge < -0.3 is 15.2 Å². The Balaban J connectivity index is 1.95. The SMILES string of the molecule is COc1cccc(COCc2ccc(C(N)=S)cc2C)c1. The molecule has 2 aromatic rings. The summed E-state index contributed by atoms with van der Waals surface area (Å²) in [6.07, 6.45) is 0. The van der Waals surface area contributed by atoms with E-state index in [1.807, 2.05) is 49.4 Å². The summed E-state index contributed by atoms with van der Waals surface area (Å²) in [6.45, 7) is 3.14.